The molecule has 9 heteroatoms. The molecule has 0 heterocycles. The molecular weight excluding hydrogens is 390 g/mol. The number of sulfonamides is 1. The molecule has 0 spiro atoms. The number of amides is 1. The van der Waals surface area contributed by atoms with E-state index in [9.17, 15) is 22.0 Å². The van der Waals surface area contributed by atoms with Crippen molar-refractivity contribution in [2.45, 2.75) is 38.8 Å². The van der Waals surface area contributed by atoms with Gasteiger partial charge in [0.15, 0.2) is 0 Å². The van der Waals surface area contributed by atoms with Crippen LogP contribution >= 0.6 is 0 Å². The van der Waals surface area contributed by atoms with Crippen molar-refractivity contribution in [3.63, 3.8) is 0 Å². The van der Waals surface area contributed by atoms with Crippen molar-refractivity contribution in [2.75, 3.05) is 0 Å². The summed E-state index contributed by atoms with van der Waals surface area (Å²) in [6.45, 7) is 0.615. The number of nitrogens with one attached hydrogen (secondary N) is 2. The van der Waals surface area contributed by atoms with Crippen LogP contribution < -0.4 is 14.8 Å². The van der Waals surface area contributed by atoms with E-state index >= 15 is 0 Å². The van der Waals surface area contributed by atoms with Gasteiger partial charge in [0.1, 0.15) is 5.75 Å². The summed E-state index contributed by atoms with van der Waals surface area (Å²) in [6, 6.07) is 12.3. The standard InChI is InChI=1S/C19H22F2N2O4S/c1-13(2)23-28(25,26)12-15-9-7-14(8-10-15)11-22-18(24)16-5-3-4-6-17(16)27-19(20)21/h3-10,13,19,23H,11-12H2,1-2H3,(H,22,24). The van der Waals surface area contributed by atoms with E-state index in [0.29, 0.717) is 5.56 Å². The van der Waals surface area contributed by atoms with Crippen LogP contribution in [0.2, 0.25) is 0 Å². The van der Waals surface area contributed by atoms with E-state index < -0.39 is 22.5 Å². The number of alkyl halides is 2. The normalized spacial score (nSPS) is 11.6. The number of hydrogen-bond donors (Lipinski definition) is 2. The minimum atomic E-state index is -3.42. The van der Waals surface area contributed by atoms with Gasteiger partial charge in [-0.15, -0.1) is 0 Å². The number of para-hydroxylation sites is 1. The lowest BCUT2D eigenvalue weighted by atomic mass is 10.1. The van der Waals surface area contributed by atoms with Crippen molar-refractivity contribution in [1.82, 2.24) is 10.0 Å². The average Bonchev–Trinajstić information content (AvgIpc) is 2.59. The van der Waals surface area contributed by atoms with Crippen molar-refractivity contribution in [3.8, 4) is 5.75 Å². The van der Waals surface area contributed by atoms with Crippen LogP contribution in [0.15, 0.2) is 48.5 Å². The SMILES string of the molecule is CC(C)NS(=O)(=O)Cc1ccc(CNC(=O)c2ccccc2OC(F)F)cc1. The molecule has 0 saturated carbocycles. The van der Waals surface area contributed by atoms with E-state index in [1.807, 2.05) is 0 Å². The zero-order valence-electron chi connectivity index (χ0n) is 15.5. The van der Waals surface area contributed by atoms with E-state index in [4.69, 9.17) is 0 Å². The minimum absolute atomic E-state index is 0.00488. The molecule has 2 N–H and O–H groups in total. The van der Waals surface area contributed by atoms with E-state index in [1.165, 1.54) is 18.2 Å². The quantitative estimate of drug-likeness (QED) is 0.663. The molecule has 0 aliphatic carbocycles. The van der Waals surface area contributed by atoms with Crippen molar-refractivity contribution < 1.29 is 26.7 Å². The highest BCUT2D eigenvalue weighted by atomic mass is 32.2. The molecular formula is C19H22F2N2O4S. The predicted molar refractivity (Wildman–Crippen MR) is 102 cm³/mol. The lowest BCUT2D eigenvalue weighted by Gasteiger charge is -2.11. The molecule has 0 fully saturated rings. The lowest BCUT2D eigenvalue weighted by molar-refractivity contribution is -0.0501. The Bertz CT molecular complexity index is 900. The van der Waals surface area contributed by atoms with Crippen LogP contribution in [0, 0.1) is 0 Å². The Hall–Kier alpha value is -2.52. The van der Waals surface area contributed by atoms with Gasteiger partial charge in [-0.1, -0.05) is 36.4 Å². The third-order valence-corrected chi connectivity index (χ3v) is 5.14. The third-order valence-electron chi connectivity index (χ3n) is 3.60. The molecule has 0 unspecified atom stereocenters. The molecule has 28 heavy (non-hydrogen) atoms. The molecule has 0 bridgehead atoms. The predicted octanol–water partition coefficient (Wildman–Crippen LogP) is 3.05. The number of carbonyl (C=O) groups excluding carboxylic acids is 1. The smallest absolute Gasteiger partial charge is 0.387 e. The summed E-state index contributed by atoms with van der Waals surface area (Å²) in [4.78, 5) is 12.3. The van der Waals surface area contributed by atoms with Crippen LogP contribution in [0.25, 0.3) is 0 Å². The molecule has 2 aromatic carbocycles. The molecule has 0 aliphatic heterocycles. The van der Waals surface area contributed by atoms with Gasteiger partial charge in [-0.05, 0) is 37.1 Å². The second-order valence-electron chi connectivity index (χ2n) is 6.41. The summed E-state index contributed by atoms with van der Waals surface area (Å²) in [5.41, 5.74) is 1.35. The van der Waals surface area contributed by atoms with Gasteiger partial charge in [0.05, 0.1) is 11.3 Å². The van der Waals surface area contributed by atoms with Gasteiger partial charge in [-0.2, -0.15) is 8.78 Å². The maximum atomic E-state index is 12.4. The summed E-state index contributed by atoms with van der Waals surface area (Å²) >= 11 is 0. The van der Waals surface area contributed by atoms with Crippen LogP contribution in [-0.4, -0.2) is 27.0 Å². The van der Waals surface area contributed by atoms with Gasteiger partial charge in [0, 0.05) is 12.6 Å². The van der Waals surface area contributed by atoms with Crippen LogP contribution in [-0.2, 0) is 22.3 Å². The van der Waals surface area contributed by atoms with Crippen LogP contribution in [0.4, 0.5) is 8.78 Å². The molecule has 2 rings (SSSR count). The molecule has 0 aliphatic rings. The summed E-state index contributed by atoms with van der Waals surface area (Å²) in [6.07, 6.45) is 0. The maximum Gasteiger partial charge on any atom is 0.387 e. The molecule has 2 aromatic rings. The molecule has 0 atom stereocenters. The van der Waals surface area contributed by atoms with Crippen molar-refractivity contribution in [2.24, 2.45) is 0 Å². The summed E-state index contributed by atoms with van der Waals surface area (Å²) < 4.78 is 55.6. The van der Waals surface area contributed by atoms with Crippen molar-refractivity contribution >= 4 is 15.9 Å². The zero-order chi connectivity index (χ0) is 20.7. The number of ether oxygens (including phenoxy) is 1. The minimum Gasteiger partial charge on any atom is -0.434 e. The van der Waals surface area contributed by atoms with Crippen molar-refractivity contribution in [1.29, 1.82) is 0 Å². The Kier molecular flexibility index (Phi) is 7.47. The number of carbonyl (C=O) groups is 1. The highest BCUT2D eigenvalue weighted by Gasteiger charge is 2.15. The molecule has 0 aromatic heterocycles. The molecule has 0 radical (unpaired) electrons. The van der Waals surface area contributed by atoms with Crippen molar-refractivity contribution in [3.05, 3.63) is 65.2 Å². The highest BCUT2D eigenvalue weighted by molar-refractivity contribution is 7.88. The second kappa shape index (κ2) is 9.61. The first kappa shape index (κ1) is 21.8. The lowest BCUT2D eigenvalue weighted by Crippen LogP contribution is -2.31. The van der Waals surface area contributed by atoms with E-state index in [0.717, 1.165) is 5.56 Å². The third kappa shape index (κ3) is 6.90. The topological polar surface area (TPSA) is 84.5 Å². The number of hydrogen-bond acceptors (Lipinski definition) is 4. The summed E-state index contributed by atoms with van der Waals surface area (Å²) in [5.74, 6) is -0.895. The fraction of sp³-hybridized carbons (Fsp3) is 0.316. The Balaban J connectivity index is 1.98. The maximum absolute atomic E-state index is 12.4. The van der Waals surface area contributed by atoms with Crippen LogP contribution in [0.3, 0.4) is 0 Å². The summed E-state index contributed by atoms with van der Waals surface area (Å²) in [5, 5.41) is 2.63. The first-order valence-corrected chi connectivity index (χ1v) is 10.2. The van der Waals surface area contributed by atoms with E-state index in [-0.39, 0.29) is 29.7 Å². The fourth-order valence-electron chi connectivity index (χ4n) is 2.50. The number of halogens is 2. The Morgan fingerprint density at radius 3 is 2.25 bits per heavy atom. The van der Waals surface area contributed by atoms with Gasteiger partial charge in [0.25, 0.3) is 5.91 Å². The monoisotopic (exact) mass is 412 g/mol. The molecule has 152 valence electrons. The fourth-order valence-corrected chi connectivity index (χ4v) is 3.94. The second-order valence-corrected chi connectivity index (χ2v) is 8.16. The van der Waals surface area contributed by atoms with Crippen LogP contribution in [0.1, 0.15) is 35.3 Å². The average molecular weight is 412 g/mol. The van der Waals surface area contributed by atoms with E-state index in [1.54, 1.807) is 44.2 Å². The Labute approximate surface area is 163 Å². The van der Waals surface area contributed by atoms with Gasteiger partial charge >= 0.3 is 6.61 Å². The molecule has 6 nitrogen and oxygen atoms in total. The highest BCUT2D eigenvalue weighted by Crippen LogP contribution is 2.20. The largest absolute Gasteiger partial charge is 0.434 e. The first-order chi connectivity index (χ1) is 13.2. The number of rotatable bonds is 9. The zero-order valence-corrected chi connectivity index (χ0v) is 16.3. The van der Waals surface area contributed by atoms with Gasteiger partial charge < -0.3 is 10.1 Å². The van der Waals surface area contributed by atoms with Gasteiger partial charge in [-0.3, -0.25) is 4.79 Å². The number of benzene rings is 2. The van der Waals surface area contributed by atoms with Gasteiger partial charge in [0.2, 0.25) is 10.0 Å². The van der Waals surface area contributed by atoms with Crippen LogP contribution in [0.5, 0.6) is 5.75 Å². The first-order valence-electron chi connectivity index (χ1n) is 8.56. The Morgan fingerprint density at radius 2 is 1.64 bits per heavy atom. The Morgan fingerprint density at radius 1 is 1.04 bits per heavy atom. The molecule has 1 amide bonds. The summed E-state index contributed by atoms with van der Waals surface area (Å²) in [7, 11) is -3.42. The van der Waals surface area contributed by atoms with E-state index in [2.05, 4.69) is 14.8 Å². The van der Waals surface area contributed by atoms with Gasteiger partial charge in [-0.25, -0.2) is 13.1 Å². The molecule has 0 saturated heterocycles.